The van der Waals surface area contributed by atoms with E-state index < -0.39 is 34.0 Å². The van der Waals surface area contributed by atoms with Crippen LogP contribution >= 0.6 is 23.2 Å². The van der Waals surface area contributed by atoms with E-state index in [1.165, 1.54) is 18.2 Å². The molecular formula is C19H18Cl2N2O6S. The van der Waals surface area contributed by atoms with E-state index in [-0.39, 0.29) is 34.7 Å². The van der Waals surface area contributed by atoms with Gasteiger partial charge in [-0.2, -0.15) is 4.31 Å². The first-order chi connectivity index (χ1) is 14.2. The lowest BCUT2D eigenvalue weighted by atomic mass is 10.0. The molecule has 8 nitrogen and oxygen atoms in total. The summed E-state index contributed by atoms with van der Waals surface area (Å²) in [6.07, 6.45) is -0.361. The normalized spacial score (nSPS) is 18.1. The van der Waals surface area contributed by atoms with Crippen molar-refractivity contribution in [2.45, 2.75) is 23.4 Å². The molecule has 0 aromatic heterocycles. The summed E-state index contributed by atoms with van der Waals surface area (Å²) in [5.74, 6) is -1.77. The van der Waals surface area contributed by atoms with Crippen molar-refractivity contribution in [1.29, 1.82) is 0 Å². The van der Waals surface area contributed by atoms with Crippen LogP contribution in [0.1, 0.15) is 18.0 Å². The van der Waals surface area contributed by atoms with Gasteiger partial charge >= 0.3 is 5.97 Å². The molecule has 3 rings (SSSR count). The molecule has 1 amide bonds. The van der Waals surface area contributed by atoms with Crippen LogP contribution in [0.25, 0.3) is 0 Å². The number of nitrogens with one attached hydrogen (secondary N) is 1. The molecule has 2 aromatic rings. The minimum Gasteiger partial charge on any atom is -0.481 e. The van der Waals surface area contributed by atoms with Gasteiger partial charge in [0.2, 0.25) is 15.9 Å². The minimum atomic E-state index is -4.14. The van der Waals surface area contributed by atoms with Gasteiger partial charge in [-0.15, -0.1) is 0 Å². The van der Waals surface area contributed by atoms with Gasteiger partial charge in [0.15, 0.2) is 0 Å². The van der Waals surface area contributed by atoms with E-state index in [4.69, 9.17) is 27.9 Å². The van der Waals surface area contributed by atoms with Gasteiger partial charge in [0, 0.05) is 10.0 Å². The maximum Gasteiger partial charge on any atom is 0.305 e. The summed E-state index contributed by atoms with van der Waals surface area (Å²) in [6, 6.07) is 10.4. The number of aliphatic carboxylic acids is 1. The Labute approximate surface area is 183 Å². The molecule has 11 heteroatoms. The highest BCUT2D eigenvalue weighted by molar-refractivity contribution is 7.89. The van der Waals surface area contributed by atoms with E-state index in [1.54, 1.807) is 30.3 Å². The Morgan fingerprint density at radius 3 is 2.40 bits per heavy atom. The SMILES string of the molecule is O=C(O)C[C@@H](NC(=O)[C@@H]1COCN1S(=O)(=O)c1cc(Cl)cc(Cl)c1)c1ccccc1. The lowest BCUT2D eigenvalue weighted by molar-refractivity contribution is -0.137. The third-order valence-electron chi connectivity index (χ3n) is 4.48. The number of ether oxygens (including phenoxy) is 1. The fraction of sp³-hybridized carbons (Fsp3) is 0.263. The van der Waals surface area contributed by atoms with Gasteiger partial charge in [-0.3, -0.25) is 9.59 Å². The van der Waals surface area contributed by atoms with Crippen LogP contribution in [0.4, 0.5) is 0 Å². The zero-order valence-electron chi connectivity index (χ0n) is 15.5. The Kier molecular flexibility index (Phi) is 6.99. The summed E-state index contributed by atoms with van der Waals surface area (Å²) in [4.78, 5) is 24.0. The van der Waals surface area contributed by atoms with Crippen LogP contribution in [-0.4, -0.2) is 49.1 Å². The number of hydrogen-bond donors (Lipinski definition) is 2. The van der Waals surface area contributed by atoms with E-state index >= 15 is 0 Å². The number of rotatable bonds is 7. The molecule has 2 N–H and O–H groups in total. The second-order valence-electron chi connectivity index (χ2n) is 6.58. The molecule has 0 aliphatic carbocycles. The maximum absolute atomic E-state index is 13.0. The Bertz CT molecular complexity index is 1030. The highest BCUT2D eigenvalue weighted by Crippen LogP contribution is 2.28. The molecule has 160 valence electrons. The average Bonchev–Trinajstić information content (AvgIpc) is 3.18. The zero-order chi connectivity index (χ0) is 21.9. The molecule has 1 aliphatic rings. The second-order valence-corrected chi connectivity index (χ2v) is 9.35. The summed E-state index contributed by atoms with van der Waals surface area (Å²) in [5.41, 5.74) is 0.586. The fourth-order valence-electron chi connectivity index (χ4n) is 3.06. The molecule has 2 aromatic carbocycles. The van der Waals surface area contributed by atoms with Crippen molar-refractivity contribution in [2.75, 3.05) is 13.3 Å². The first-order valence-corrected chi connectivity index (χ1v) is 11.0. The molecule has 1 saturated heterocycles. The van der Waals surface area contributed by atoms with Crippen molar-refractivity contribution in [2.24, 2.45) is 0 Å². The smallest absolute Gasteiger partial charge is 0.305 e. The van der Waals surface area contributed by atoms with Gasteiger partial charge in [-0.1, -0.05) is 53.5 Å². The summed E-state index contributed by atoms with van der Waals surface area (Å²) < 4.78 is 32.2. The van der Waals surface area contributed by atoms with Gasteiger partial charge in [0.05, 0.1) is 24.0 Å². The average molecular weight is 473 g/mol. The number of carboxylic acids is 1. The molecule has 0 spiro atoms. The number of benzene rings is 2. The number of carboxylic acid groups (broad SMARTS) is 1. The largest absolute Gasteiger partial charge is 0.481 e. The van der Waals surface area contributed by atoms with Crippen LogP contribution in [0, 0.1) is 0 Å². The number of carbonyl (C=O) groups is 2. The third kappa shape index (κ3) is 5.11. The summed E-state index contributed by atoms with van der Waals surface area (Å²) in [5, 5.41) is 12.1. The van der Waals surface area contributed by atoms with Crippen LogP contribution < -0.4 is 5.32 Å². The first-order valence-electron chi connectivity index (χ1n) is 8.81. The molecule has 1 aliphatic heterocycles. The number of carbonyl (C=O) groups excluding carboxylic acids is 1. The Balaban J connectivity index is 1.85. The summed E-state index contributed by atoms with van der Waals surface area (Å²) >= 11 is 11.8. The van der Waals surface area contributed by atoms with E-state index in [0.29, 0.717) is 5.56 Å². The van der Waals surface area contributed by atoms with Crippen LogP contribution in [0.15, 0.2) is 53.4 Å². The van der Waals surface area contributed by atoms with Crippen molar-refractivity contribution in [1.82, 2.24) is 9.62 Å². The standard InChI is InChI=1S/C19H18Cl2N2O6S/c20-13-6-14(21)8-15(7-13)30(27,28)23-11-29-10-17(23)19(26)22-16(9-18(24)25)12-4-2-1-3-5-12/h1-8,16-17H,9-11H2,(H,22,26)(H,24,25)/t16-,17+/m1/s1. The summed E-state index contributed by atoms with van der Waals surface area (Å²) in [7, 11) is -4.14. The third-order valence-corrected chi connectivity index (χ3v) is 6.73. The Hall–Kier alpha value is -2.17. The number of nitrogens with zero attached hydrogens (tertiary/aromatic N) is 1. The number of amides is 1. The number of hydrogen-bond acceptors (Lipinski definition) is 5. The minimum absolute atomic E-state index is 0.132. The van der Waals surface area contributed by atoms with Crippen molar-refractivity contribution >= 4 is 45.1 Å². The first kappa shape index (κ1) is 22.5. The second kappa shape index (κ2) is 9.32. The molecule has 1 heterocycles. The zero-order valence-corrected chi connectivity index (χ0v) is 17.8. The summed E-state index contributed by atoms with van der Waals surface area (Å²) in [6.45, 7) is -0.507. The quantitative estimate of drug-likeness (QED) is 0.640. The van der Waals surface area contributed by atoms with Gasteiger partial charge < -0.3 is 15.2 Å². The van der Waals surface area contributed by atoms with Gasteiger partial charge in [0.1, 0.15) is 12.8 Å². The Morgan fingerprint density at radius 1 is 1.17 bits per heavy atom. The molecule has 2 atom stereocenters. The predicted molar refractivity (Wildman–Crippen MR) is 110 cm³/mol. The lowest BCUT2D eigenvalue weighted by Gasteiger charge is -2.24. The molecule has 1 fully saturated rings. The van der Waals surface area contributed by atoms with E-state index in [0.717, 1.165) is 4.31 Å². The van der Waals surface area contributed by atoms with Crippen LogP contribution in [0.5, 0.6) is 0 Å². The molecule has 0 radical (unpaired) electrons. The van der Waals surface area contributed by atoms with Gasteiger partial charge in [-0.25, -0.2) is 8.42 Å². The fourth-order valence-corrected chi connectivity index (χ4v) is 5.25. The van der Waals surface area contributed by atoms with Crippen molar-refractivity contribution < 1.29 is 27.9 Å². The van der Waals surface area contributed by atoms with Crippen LogP contribution in [-0.2, 0) is 24.3 Å². The molecule has 30 heavy (non-hydrogen) atoms. The molecular weight excluding hydrogens is 455 g/mol. The topological polar surface area (TPSA) is 113 Å². The van der Waals surface area contributed by atoms with E-state index in [9.17, 15) is 23.1 Å². The number of halogens is 2. The van der Waals surface area contributed by atoms with Crippen LogP contribution in [0.3, 0.4) is 0 Å². The van der Waals surface area contributed by atoms with E-state index in [1.807, 2.05) is 0 Å². The van der Waals surface area contributed by atoms with Crippen LogP contribution in [0.2, 0.25) is 10.0 Å². The van der Waals surface area contributed by atoms with Gasteiger partial charge in [-0.05, 0) is 23.8 Å². The molecule has 0 saturated carbocycles. The highest BCUT2D eigenvalue weighted by atomic mass is 35.5. The van der Waals surface area contributed by atoms with E-state index in [2.05, 4.69) is 5.32 Å². The number of sulfonamides is 1. The molecule has 0 unspecified atom stereocenters. The predicted octanol–water partition coefficient (Wildman–Crippen LogP) is 2.67. The maximum atomic E-state index is 13.0. The van der Waals surface area contributed by atoms with Gasteiger partial charge in [0.25, 0.3) is 0 Å². The highest BCUT2D eigenvalue weighted by Gasteiger charge is 2.41. The van der Waals surface area contributed by atoms with Crippen molar-refractivity contribution in [3.05, 3.63) is 64.1 Å². The van der Waals surface area contributed by atoms with Crippen molar-refractivity contribution in [3.63, 3.8) is 0 Å². The van der Waals surface area contributed by atoms with Crippen molar-refractivity contribution in [3.8, 4) is 0 Å². The lowest BCUT2D eigenvalue weighted by Crippen LogP contribution is -2.48. The monoisotopic (exact) mass is 472 g/mol. The Morgan fingerprint density at radius 2 is 1.80 bits per heavy atom. The molecule has 0 bridgehead atoms.